The molecule has 10 heteroatoms. The predicted octanol–water partition coefficient (Wildman–Crippen LogP) is 2.59. The van der Waals surface area contributed by atoms with E-state index >= 15 is 0 Å². The average Bonchev–Trinajstić information content (AvgIpc) is 3.48. The van der Waals surface area contributed by atoms with E-state index in [1.165, 1.54) is 4.57 Å². The summed E-state index contributed by atoms with van der Waals surface area (Å²) in [4.78, 5) is 38.6. The number of hydrogen-bond acceptors (Lipinski definition) is 7. The molecule has 0 spiro atoms. The highest BCUT2D eigenvalue weighted by molar-refractivity contribution is 7.99. The van der Waals surface area contributed by atoms with E-state index in [-0.39, 0.29) is 5.92 Å². The number of aromatic amines is 1. The maximum atomic E-state index is 12.7. The van der Waals surface area contributed by atoms with Gasteiger partial charge in [0.05, 0.1) is 0 Å². The van der Waals surface area contributed by atoms with Gasteiger partial charge in [-0.3, -0.25) is 14.3 Å². The fraction of sp³-hybridized carbons (Fsp3) is 0.429. The molecule has 1 fully saturated rings. The predicted molar refractivity (Wildman–Crippen MR) is 121 cm³/mol. The molecule has 9 nitrogen and oxygen atoms in total. The van der Waals surface area contributed by atoms with E-state index in [9.17, 15) is 9.59 Å². The van der Waals surface area contributed by atoms with Crippen LogP contribution in [0.2, 0.25) is 0 Å². The molecule has 1 aromatic carbocycles. The van der Waals surface area contributed by atoms with E-state index in [2.05, 4.69) is 21.8 Å². The van der Waals surface area contributed by atoms with Crippen molar-refractivity contribution < 1.29 is 4.42 Å². The summed E-state index contributed by atoms with van der Waals surface area (Å²) in [6.45, 7) is 4.55. The van der Waals surface area contributed by atoms with Crippen LogP contribution in [0.5, 0.6) is 0 Å². The smallest absolute Gasteiger partial charge is 0.329 e. The van der Waals surface area contributed by atoms with E-state index < -0.39 is 11.2 Å². The summed E-state index contributed by atoms with van der Waals surface area (Å²) in [5, 5.41) is 0.642. The highest BCUT2D eigenvalue weighted by Gasteiger charge is 2.24. The number of benzene rings is 1. The molecule has 4 heterocycles. The van der Waals surface area contributed by atoms with Crippen molar-refractivity contribution in [2.24, 2.45) is 13.0 Å². The van der Waals surface area contributed by atoms with E-state index in [0.29, 0.717) is 22.9 Å². The molecule has 1 N–H and O–H groups in total. The second-order valence-electron chi connectivity index (χ2n) is 8.07. The first-order valence-corrected chi connectivity index (χ1v) is 11.4. The summed E-state index contributed by atoms with van der Waals surface area (Å²) in [6, 6.07) is 7.71. The number of imidazole rings is 1. The van der Waals surface area contributed by atoms with Crippen LogP contribution in [0, 0.1) is 5.92 Å². The van der Waals surface area contributed by atoms with Crippen molar-refractivity contribution in [3.05, 3.63) is 45.1 Å². The van der Waals surface area contributed by atoms with E-state index in [1.54, 1.807) is 18.8 Å². The van der Waals surface area contributed by atoms with Gasteiger partial charge in [-0.15, -0.1) is 0 Å². The van der Waals surface area contributed by atoms with Gasteiger partial charge in [-0.1, -0.05) is 30.8 Å². The Hall–Kier alpha value is -3.01. The van der Waals surface area contributed by atoms with Crippen molar-refractivity contribution in [1.82, 2.24) is 24.1 Å². The molecule has 1 unspecified atom stereocenters. The van der Waals surface area contributed by atoms with Crippen LogP contribution >= 0.6 is 11.8 Å². The summed E-state index contributed by atoms with van der Waals surface area (Å²) in [5.41, 5.74) is 1.66. The number of para-hydroxylation sites is 2. The second-order valence-corrected chi connectivity index (χ2v) is 9.04. The van der Waals surface area contributed by atoms with Gasteiger partial charge in [0, 0.05) is 32.4 Å². The fourth-order valence-electron chi connectivity index (χ4n) is 4.05. The van der Waals surface area contributed by atoms with Gasteiger partial charge in [0.25, 0.3) is 10.8 Å². The normalized spacial score (nSPS) is 15.4. The Labute approximate surface area is 182 Å². The van der Waals surface area contributed by atoms with Crippen LogP contribution in [0.25, 0.3) is 22.3 Å². The molecular formula is C21H24N6O3S. The Morgan fingerprint density at radius 1 is 1.19 bits per heavy atom. The van der Waals surface area contributed by atoms with E-state index in [1.807, 2.05) is 28.8 Å². The molecule has 162 valence electrons. The van der Waals surface area contributed by atoms with Gasteiger partial charge in [0.15, 0.2) is 16.7 Å². The van der Waals surface area contributed by atoms with Gasteiger partial charge in [-0.25, -0.2) is 9.78 Å². The zero-order valence-corrected chi connectivity index (χ0v) is 18.3. The maximum Gasteiger partial charge on any atom is 0.329 e. The fourth-order valence-corrected chi connectivity index (χ4v) is 4.89. The summed E-state index contributed by atoms with van der Waals surface area (Å²) in [7, 11) is 1.64. The van der Waals surface area contributed by atoms with Gasteiger partial charge >= 0.3 is 5.69 Å². The number of fused-ring (bicyclic) bond motifs is 2. The quantitative estimate of drug-likeness (QED) is 0.460. The second kappa shape index (κ2) is 7.92. The van der Waals surface area contributed by atoms with Crippen LogP contribution < -0.4 is 16.1 Å². The highest BCUT2D eigenvalue weighted by Crippen LogP contribution is 2.28. The lowest BCUT2D eigenvalue weighted by molar-refractivity contribution is 0.485. The first-order chi connectivity index (χ1) is 15.0. The van der Waals surface area contributed by atoms with E-state index in [4.69, 9.17) is 9.40 Å². The van der Waals surface area contributed by atoms with Gasteiger partial charge < -0.3 is 13.9 Å². The zero-order valence-electron chi connectivity index (χ0n) is 17.5. The molecule has 3 aromatic heterocycles. The Bertz CT molecular complexity index is 1330. The van der Waals surface area contributed by atoms with Gasteiger partial charge in [0.1, 0.15) is 5.52 Å². The van der Waals surface area contributed by atoms with Gasteiger partial charge in [-0.05, 0) is 30.9 Å². The Morgan fingerprint density at radius 2 is 1.97 bits per heavy atom. The summed E-state index contributed by atoms with van der Waals surface area (Å²) in [6.07, 6.45) is 2.20. The number of H-pyrrole nitrogens is 1. The SMILES string of the molecule is CC(CSc1nc2ccccc2o1)Cn1c(N2CCCC2)nc2c1c(=O)[nH]c(=O)n2C. The highest BCUT2D eigenvalue weighted by atomic mass is 32.2. The number of nitrogens with one attached hydrogen (secondary N) is 1. The number of aromatic nitrogens is 5. The molecule has 1 aliphatic rings. The van der Waals surface area contributed by atoms with Crippen LogP contribution in [0.1, 0.15) is 19.8 Å². The lowest BCUT2D eigenvalue weighted by Gasteiger charge is -2.20. The number of thioether (sulfide) groups is 1. The summed E-state index contributed by atoms with van der Waals surface area (Å²) < 4.78 is 9.18. The minimum absolute atomic E-state index is 0.218. The van der Waals surface area contributed by atoms with Crippen LogP contribution in [0.3, 0.4) is 0 Å². The Balaban J connectivity index is 1.44. The molecule has 1 saturated heterocycles. The molecule has 0 saturated carbocycles. The minimum atomic E-state index is -0.449. The third kappa shape index (κ3) is 3.65. The van der Waals surface area contributed by atoms with Crippen LogP contribution in [0.15, 0.2) is 43.5 Å². The number of hydrogen-bond donors (Lipinski definition) is 1. The molecule has 31 heavy (non-hydrogen) atoms. The van der Waals surface area contributed by atoms with Gasteiger partial charge in [-0.2, -0.15) is 4.98 Å². The summed E-state index contributed by atoms with van der Waals surface area (Å²) >= 11 is 1.56. The van der Waals surface area contributed by atoms with Crippen LogP contribution in [-0.2, 0) is 13.6 Å². The topological polar surface area (TPSA) is 102 Å². The van der Waals surface area contributed by atoms with Crippen molar-refractivity contribution in [2.75, 3.05) is 23.7 Å². The van der Waals surface area contributed by atoms with Crippen molar-refractivity contribution >= 4 is 40.0 Å². The number of anilines is 1. The Morgan fingerprint density at radius 3 is 2.74 bits per heavy atom. The van der Waals surface area contributed by atoms with Crippen LogP contribution in [0.4, 0.5) is 5.95 Å². The molecule has 0 aliphatic carbocycles. The minimum Gasteiger partial charge on any atom is -0.431 e. The number of nitrogens with zero attached hydrogens (tertiary/aromatic N) is 5. The number of aryl methyl sites for hydroxylation is 1. The lowest BCUT2D eigenvalue weighted by Crippen LogP contribution is -2.30. The van der Waals surface area contributed by atoms with Crippen LogP contribution in [-0.4, -0.2) is 42.9 Å². The summed E-state index contributed by atoms with van der Waals surface area (Å²) in [5.74, 6) is 1.75. The third-order valence-electron chi connectivity index (χ3n) is 5.64. The standard InChI is InChI=1S/C21H24N6O3S/c1-13(12-31-21-22-14-7-3-4-8-15(14)30-21)11-27-16-17(25(2)20(29)24-18(16)28)23-19(27)26-9-5-6-10-26/h3-4,7-8,13H,5-6,9-12H2,1-2H3,(H,24,28,29). The molecule has 1 aliphatic heterocycles. The first kappa shape index (κ1) is 19.9. The monoisotopic (exact) mass is 440 g/mol. The van der Waals surface area contributed by atoms with Crippen molar-refractivity contribution in [1.29, 1.82) is 0 Å². The van der Waals surface area contributed by atoms with Crippen molar-refractivity contribution in [2.45, 2.75) is 31.5 Å². The van der Waals surface area contributed by atoms with Crippen molar-refractivity contribution in [3.63, 3.8) is 0 Å². The maximum absolute atomic E-state index is 12.7. The Kier molecular flexibility index (Phi) is 5.09. The van der Waals surface area contributed by atoms with Crippen molar-refractivity contribution in [3.8, 4) is 0 Å². The third-order valence-corrected chi connectivity index (χ3v) is 6.79. The molecule has 0 amide bonds. The lowest BCUT2D eigenvalue weighted by atomic mass is 10.2. The number of oxazole rings is 1. The van der Waals surface area contributed by atoms with E-state index in [0.717, 1.165) is 48.7 Å². The molecule has 1 atom stereocenters. The average molecular weight is 441 g/mol. The molecule has 0 bridgehead atoms. The molecular weight excluding hydrogens is 416 g/mol. The molecule has 5 rings (SSSR count). The molecule has 0 radical (unpaired) electrons. The number of rotatable bonds is 6. The van der Waals surface area contributed by atoms with Gasteiger partial charge in [0.2, 0.25) is 5.95 Å². The zero-order chi connectivity index (χ0) is 21.5. The first-order valence-electron chi connectivity index (χ1n) is 10.4. The molecule has 4 aromatic rings. The largest absolute Gasteiger partial charge is 0.431 e.